The third-order valence-electron chi connectivity index (χ3n) is 2.82. The third kappa shape index (κ3) is 4.22. The van der Waals surface area contributed by atoms with Crippen LogP contribution in [0.1, 0.15) is 25.1 Å². The maximum absolute atomic E-state index is 6.25. The van der Waals surface area contributed by atoms with Crippen molar-refractivity contribution in [2.45, 2.75) is 33.4 Å². The Labute approximate surface area is 124 Å². The van der Waals surface area contributed by atoms with Crippen molar-refractivity contribution in [2.24, 2.45) is 0 Å². The minimum atomic E-state index is 0.448. The number of aryl methyl sites for hydroxylation is 1. The van der Waals surface area contributed by atoms with E-state index >= 15 is 0 Å². The van der Waals surface area contributed by atoms with Crippen LogP contribution in [0.15, 0.2) is 36.5 Å². The third-order valence-corrected chi connectivity index (χ3v) is 3.12. The summed E-state index contributed by atoms with van der Waals surface area (Å²) in [5.74, 6) is 1.33. The largest absolute Gasteiger partial charge is 0.454 e. The van der Waals surface area contributed by atoms with Gasteiger partial charge in [0.05, 0.1) is 11.2 Å². The Bertz CT molecular complexity index is 567. The Kier molecular flexibility index (Phi) is 4.99. The van der Waals surface area contributed by atoms with Crippen LogP contribution in [0.5, 0.6) is 11.5 Å². The van der Waals surface area contributed by atoms with E-state index in [4.69, 9.17) is 16.3 Å². The molecule has 20 heavy (non-hydrogen) atoms. The molecule has 0 aliphatic heterocycles. The molecule has 0 fully saturated rings. The first-order chi connectivity index (χ1) is 9.54. The standard InChI is InChI=1S/C16H19ClN2O/c1-11(2)18-9-13-5-7-16(15(17)8-13)20-14-6-4-12(3)19-10-14/h4-8,10-11,18H,9H2,1-3H3. The normalized spacial score (nSPS) is 10.8. The number of benzene rings is 1. The molecule has 0 spiro atoms. The van der Waals surface area contributed by atoms with Crippen molar-refractivity contribution in [1.29, 1.82) is 0 Å². The van der Waals surface area contributed by atoms with Gasteiger partial charge < -0.3 is 10.1 Å². The first-order valence-electron chi connectivity index (χ1n) is 6.67. The molecule has 1 aromatic heterocycles. The summed E-state index contributed by atoms with van der Waals surface area (Å²) in [6.07, 6.45) is 1.69. The lowest BCUT2D eigenvalue weighted by molar-refractivity contribution is 0.479. The van der Waals surface area contributed by atoms with Crippen molar-refractivity contribution in [3.63, 3.8) is 0 Å². The quantitative estimate of drug-likeness (QED) is 0.890. The highest BCUT2D eigenvalue weighted by Crippen LogP contribution is 2.29. The summed E-state index contributed by atoms with van der Waals surface area (Å²) in [6, 6.07) is 10.1. The second-order valence-corrected chi connectivity index (χ2v) is 5.44. The second-order valence-electron chi connectivity index (χ2n) is 5.04. The van der Waals surface area contributed by atoms with E-state index in [1.54, 1.807) is 6.20 Å². The molecule has 0 unspecified atom stereocenters. The van der Waals surface area contributed by atoms with Gasteiger partial charge in [-0.1, -0.05) is 31.5 Å². The molecule has 0 saturated carbocycles. The number of nitrogens with zero attached hydrogens (tertiary/aromatic N) is 1. The summed E-state index contributed by atoms with van der Waals surface area (Å²) < 4.78 is 5.73. The highest BCUT2D eigenvalue weighted by molar-refractivity contribution is 6.32. The predicted molar refractivity (Wildman–Crippen MR) is 82.5 cm³/mol. The number of pyridine rings is 1. The SMILES string of the molecule is Cc1ccc(Oc2ccc(CNC(C)C)cc2Cl)cn1. The van der Waals surface area contributed by atoms with Crippen LogP contribution in [0, 0.1) is 6.92 Å². The Morgan fingerprint density at radius 1 is 1.25 bits per heavy atom. The zero-order valence-electron chi connectivity index (χ0n) is 12.0. The predicted octanol–water partition coefficient (Wildman–Crippen LogP) is 4.33. The van der Waals surface area contributed by atoms with Crippen LogP contribution in [0.3, 0.4) is 0 Å². The van der Waals surface area contributed by atoms with E-state index in [0.717, 1.165) is 17.8 Å². The van der Waals surface area contributed by atoms with E-state index in [1.165, 1.54) is 0 Å². The van der Waals surface area contributed by atoms with E-state index in [0.29, 0.717) is 22.6 Å². The van der Waals surface area contributed by atoms with Crippen LogP contribution in [-0.2, 0) is 6.54 Å². The van der Waals surface area contributed by atoms with Gasteiger partial charge in [-0.3, -0.25) is 4.98 Å². The summed E-state index contributed by atoms with van der Waals surface area (Å²) >= 11 is 6.25. The number of aromatic nitrogens is 1. The van der Waals surface area contributed by atoms with Gasteiger partial charge in [0.1, 0.15) is 11.5 Å². The van der Waals surface area contributed by atoms with E-state index in [9.17, 15) is 0 Å². The molecule has 0 radical (unpaired) electrons. The van der Waals surface area contributed by atoms with Crippen molar-refractivity contribution in [1.82, 2.24) is 10.3 Å². The molecule has 0 aliphatic carbocycles. The number of hydrogen-bond donors (Lipinski definition) is 1. The molecule has 0 aliphatic rings. The maximum atomic E-state index is 6.25. The van der Waals surface area contributed by atoms with Gasteiger partial charge in [-0.05, 0) is 36.8 Å². The molecule has 0 amide bonds. The van der Waals surface area contributed by atoms with E-state index in [1.807, 2.05) is 37.3 Å². The molecular formula is C16H19ClN2O. The smallest absolute Gasteiger partial charge is 0.146 e. The zero-order valence-corrected chi connectivity index (χ0v) is 12.7. The topological polar surface area (TPSA) is 34.1 Å². The highest BCUT2D eigenvalue weighted by Gasteiger charge is 2.05. The Morgan fingerprint density at radius 3 is 2.65 bits per heavy atom. The highest BCUT2D eigenvalue weighted by atomic mass is 35.5. The molecule has 0 atom stereocenters. The molecule has 0 bridgehead atoms. The molecule has 0 saturated heterocycles. The Hall–Kier alpha value is -1.58. The fraction of sp³-hybridized carbons (Fsp3) is 0.312. The molecule has 1 N–H and O–H groups in total. The van der Waals surface area contributed by atoms with Crippen molar-refractivity contribution in [3.8, 4) is 11.5 Å². The summed E-state index contributed by atoms with van der Waals surface area (Å²) in [7, 11) is 0. The van der Waals surface area contributed by atoms with Gasteiger partial charge in [0.2, 0.25) is 0 Å². The average molecular weight is 291 g/mol. The molecular weight excluding hydrogens is 272 g/mol. The molecule has 4 heteroatoms. The number of nitrogens with one attached hydrogen (secondary N) is 1. The fourth-order valence-electron chi connectivity index (χ4n) is 1.70. The summed E-state index contributed by atoms with van der Waals surface area (Å²) in [5, 5.41) is 3.96. The lowest BCUT2D eigenvalue weighted by Crippen LogP contribution is -2.21. The van der Waals surface area contributed by atoms with Crippen molar-refractivity contribution < 1.29 is 4.74 Å². The van der Waals surface area contributed by atoms with E-state index in [2.05, 4.69) is 24.1 Å². The number of rotatable bonds is 5. The lowest BCUT2D eigenvalue weighted by atomic mass is 10.2. The first-order valence-corrected chi connectivity index (χ1v) is 7.04. The summed E-state index contributed by atoms with van der Waals surface area (Å²) in [4.78, 5) is 4.19. The number of hydrogen-bond acceptors (Lipinski definition) is 3. The number of ether oxygens (including phenoxy) is 1. The number of halogens is 1. The fourth-order valence-corrected chi connectivity index (χ4v) is 1.94. The first kappa shape index (κ1) is 14.8. The molecule has 1 aromatic carbocycles. The Balaban J connectivity index is 2.07. The monoisotopic (exact) mass is 290 g/mol. The lowest BCUT2D eigenvalue weighted by Gasteiger charge is -2.11. The minimum absolute atomic E-state index is 0.448. The van der Waals surface area contributed by atoms with Crippen LogP contribution in [0.25, 0.3) is 0 Å². The maximum Gasteiger partial charge on any atom is 0.146 e. The summed E-state index contributed by atoms with van der Waals surface area (Å²) in [6.45, 7) is 6.96. The van der Waals surface area contributed by atoms with Crippen molar-refractivity contribution in [3.05, 3.63) is 52.8 Å². The van der Waals surface area contributed by atoms with Gasteiger partial charge in [-0.2, -0.15) is 0 Å². The minimum Gasteiger partial charge on any atom is -0.454 e. The molecule has 2 aromatic rings. The second kappa shape index (κ2) is 6.73. The van der Waals surface area contributed by atoms with Gasteiger partial charge in [0.15, 0.2) is 0 Å². The van der Waals surface area contributed by atoms with Gasteiger partial charge in [-0.25, -0.2) is 0 Å². The van der Waals surface area contributed by atoms with Gasteiger partial charge in [-0.15, -0.1) is 0 Å². The van der Waals surface area contributed by atoms with Crippen LogP contribution in [0.4, 0.5) is 0 Å². The molecule has 3 nitrogen and oxygen atoms in total. The Morgan fingerprint density at radius 2 is 2.05 bits per heavy atom. The van der Waals surface area contributed by atoms with Crippen LogP contribution < -0.4 is 10.1 Å². The molecule has 1 heterocycles. The van der Waals surface area contributed by atoms with Gasteiger partial charge >= 0.3 is 0 Å². The van der Waals surface area contributed by atoms with Gasteiger partial charge in [0, 0.05) is 18.3 Å². The van der Waals surface area contributed by atoms with E-state index < -0.39 is 0 Å². The van der Waals surface area contributed by atoms with Crippen LogP contribution in [0.2, 0.25) is 5.02 Å². The molecule has 106 valence electrons. The zero-order chi connectivity index (χ0) is 14.5. The van der Waals surface area contributed by atoms with Gasteiger partial charge in [0.25, 0.3) is 0 Å². The summed E-state index contributed by atoms with van der Waals surface area (Å²) in [5.41, 5.74) is 2.09. The van der Waals surface area contributed by atoms with Crippen LogP contribution >= 0.6 is 11.6 Å². The molecule has 2 rings (SSSR count). The van der Waals surface area contributed by atoms with Crippen molar-refractivity contribution in [2.75, 3.05) is 0 Å². The average Bonchev–Trinajstić information content (AvgIpc) is 2.41. The van der Waals surface area contributed by atoms with Crippen LogP contribution in [-0.4, -0.2) is 11.0 Å². The van der Waals surface area contributed by atoms with E-state index in [-0.39, 0.29) is 0 Å². The van der Waals surface area contributed by atoms with Crippen molar-refractivity contribution >= 4 is 11.6 Å².